The Morgan fingerprint density at radius 3 is 2.73 bits per heavy atom. The Morgan fingerprint density at radius 1 is 0.933 bits per heavy atom. The van der Waals surface area contributed by atoms with Gasteiger partial charge in [-0.15, -0.1) is 12.6 Å². The second kappa shape index (κ2) is 3.24. The van der Waals surface area contributed by atoms with Crippen molar-refractivity contribution in [2.75, 3.05) is 0 Å². The minimum Gasteiger partial charge on any atom is -0.256 e. The van der Waals surface area contributed by atoms with Gasteiger partial charge >= 0.3 is 0 Å². The lowest BCUT2D eigenvalue weighted by atomic mass is 10.1. The minimum atomic E-state index is 0.972. The lowest BCUT2D eigenvalue weighted by Crippen LogP contribution is -1.81. The van der Waals surface area contributed by atoms with Crippen LogP contribution in [0.2, 0.25) is 0 Å². The monoisotopic (exact) mass is 211 g/mol. The fraction of sp³-hybridized carbons (Fsp3) is 0. The van der Waals surface area contributed by atoms with E-state index in [1.807, 2.05) is 36.5 Å². The lowest BCUT2D eigenvalue weighted by molar-refractivity contribution is 1.43. The van der Waals surface area contributed by atoms with Crippen LogP contribution in [0.5, 0.6) is 0 Å². The van der Waals surface area contributed by atoms with E-state index in [-0.39, 0.29) is 0 Å². The summed E-state index contributed by atoms with van der Waals surface area (Å²) < 4.78 is 0. The molecule has 0 aliphatic carbocycles. The van der Waals surface area contributed by atoms with E-state index in [2.05, 4.69) is 29.7 Å². The highest BCUT2D eigenvalue weighted by Gasteiger charge is 2.00. The van der Waals surface area contributed by atoms with Gasteiger partial charge in [-0.3, -0.25) is 4.98 Å². The van der Waals surface area contributed by atoms with Crippen molar-refractivity contribution in [3.05, 3.63) is 48.7 Å². The molecule has 0 aliphatic rings. The fourth-order valence-corrected chi connectivity index (χ4v) is 2.07. The first-order chi connectivity index (χ1) is 7.34. The summed E-state index contributed by atoms with van der Waals surface area (Å²) in [5.41, 5.74) is 1.04. The van der Waals surface area contributed by atoms with Gasteiger partial charge in [0.1, 0.15) is 0 Å². The zero-order chi connectivity index (χ0) is 10.3. The van der Waals surface area contributed by atoms with Crippen molar-refractivity contribution >= 4 is 34.3 Å². The average Bonchev–Trinajstić information content (AvgIpc) is 2.28. The van der Waals surface area contributed by atoms with Crippen LogP contribution in [-0.4, -0.2) is 4.98 Å². The maximum Gasteiger partial charge on any atom is 0.0708 e. The molecule has 0 saturated carbocycles. The highest BCUT2D eigenvalue weighted by molar-refractivity contribution is 7.80. The van der Waals surface area contributed by atoms with Crippen molar-refractivity contribution < 1.29 is 0 Å². The highest BCUT2D eigenvalue weighted by atomic mass is 32.1. The predicted molar refractivity (Wildman–Crippen MR) is 66.5 cm³/mol. The Bertz CT molecular complexity index is 646. The van der Waals surface area contributed by atoms with E-state index in [1.165, 1.54) is 10.8 Å². The summed E-state index contributed by atoms with van der Waals surface area (Å²) in [5.74, 6) is 0. The van der Waals surface area contributed by atoms with E-state index in [0.717, 1.165) is 15.8 Å². The number of aromatic nitrogens is 1. The normalized spacial score (nSPS) is 11.0. The average molecular weight is 211 g/mol. The number of nitrogens with zero attached hydrogens (tertiary/aromatic N) is 1. The molecule has 0 N–H and O–H groups in total. The smallest absolute Gasteiger partial charge is 0.0708 e. The number of pyridine rings is 1. The van der Waals surface area contributed by atoms with Crippen LogP contribution in [-0.2, 0) is 0 Å². The van der Waals surface area contributed by atoms with Crippen molar-refractivity contribution in [2.45, 2.75) is 4.90 Å². The van der Waals surface area contributed by atoms with Gasteiger partial charge in [-0.05, 0) is 23.6 Å². The molecule has 0 amide bonds. The van der Waals surface area contributed by atoms with Gasteiger partial charge in [0.15, 0.2) is 0 Å². The zero-order valence-electron chi connectivity index (χ0n) is 8.01. The molecular weight excluding hydrogens is 202 g/mol. The molecule has 0 aliphatic heterocycles. The standard InChI is InChI=1S/C13H9NS/c15-10-5-6-11-9(7-10)8-14-13-4-2-1-3-12(11)13/h1-8,15H. The molecule has 0 atom stereocenters. The van der Waals surface area contributed by atoms with Crippen LogP contribution >= 0.6 is 12.6 Å². The van der Waals surface area contributed by atoms with Crippen LogP contribution in [0.15, 0.2) is 53.6 Å². The fourth-order valence-electron chi connectivity index (χ4n) is 1.86. The first kappa shape index (κ1) is 8.74. The van der Waals surface area contributed by atoms with Gasteiger partial charge in [0.25, 0.3) is 0 Å². The van der Waals surface area contributed by atoms with Crippen molar-refractivity contribution in [3.63, 3.8) is 0 Å². The first-order valence-electron chi connectivity index (χ1n) is 4.81. The van der Waals surface area contributed by atoms with Crippen LogP contribution in [0.25, 0.3) is 21.7 Å². The number of benzene rings is 2. The van der Waals surface area contributed by atoms with Crippen LogP contribution < -0.4 is 0 Å². The Morgan fingerprint density at radius 2 is 1.80 bits per heavy atom. The Balaban J connectivity index is 2.55. The van der Waals surface area contributed by atoms with E-state index in [4.69, 9.17) is 0 Å². The molecule has 0 saturated heterocycles. The molecule has 1 heterocycles. The summed E-state index contributed by atoms with van der Waals surface area (Å²) in [5, 5.41) is 3.57. The third kappa shape index (κ3) is 1.38. The third-order valence-corrected chi connectivity index (χ3v) is 2.85. The molecule has 2 aromatic carbocycles. The van der Waals surface area contributed by atoms with Crippen LogP contribution in [0.4, 0.5) is 0 Å². The predicted octanol–water partition coefficient (Wildman–Crippen LogP) is 3.68. The largest absolute Gasteiger partial charge is 0.256 e. The van der Waals surface area contributed by atoms with Gasteiger partial charge in [0, 0.05) is 21.9 Å². The summed E-state index contributed by atoms with van der Waals surface area (Å²) >= 11 is 4.33. The molecule has 72 valence electrons. The quantitative estimate of drug-likeness (QED) is 0.442. The maximum atomic E-state index is 4.42. The second-order valence-electron chi connectivity index (χ2n) is 3.55. The SMILES string of the molecule is Sc1ccc2c(cnc3ccccc32)c1. The van der Waals surface area contributed by atoms with E-state index in [9.17, 15) is 0 Å². The van der Waals surface area contributed by atoms with Gasteiger partial charge in [-0.25, -0.2) is 0 Å². The molecular formula is C13H9NS. The molecule has 0 unspecified atom stereocenters. The molecule has 15 heavy (non-hydrogen) atoms. The zero-order valence-corrected chi connectivity index (χ0v) is 8.91. The van der Waals surface area contributed by atoms with Crippen molar-refractivity contribution in [1.29, 1.82) is 0 Å². The number of rotatable bonds is 0. The minimum absolute atomic E-state index is 0.972. The Kier molecular flexibility index (Phi) is 1.89. The first-order valence-corrected chi connectivity index (χ1v) is 5.26. The number of fused-ring (bicyclic) bond motifs is 3. The number of thiol groups is 1. The van der Waals surface area contributed by atoms with Crippen molar-refractivity contribution in [3.8, 4) is 0 Å². The van der Waals surface area contributed by atoms with E-state index < -0.39 is 0 Å². The van der Waals surface area contributed by atoms with Crippen LogP contribution in [0.3, 0.4) is 0 Å². The summed E-state index contributed by atoms with van der Waals surface area (Å²) in [6, 6.07) is 14.3. The highest BCUT2D eigenvalue weighted by Crippen LogP contribution is 2.24. The molecule has 3 aromatic rings. The summed E-state index contributed by atoms with van der Waals surface area (Å²) in [4.78, 5) is 5.39. The molecule has 0 fully saturated rings. The van der Waals surface area contributed by atoms with Gasteiger partial charge < -0.3 is 0 Å². The van der Waals surface area contributed by atoms with E-state index >= 15 is 0 Å². The Hall–Kier alpha value is -1.54. The summed E-state index contributed by atoms with van der Waals surface area (Å²) in [7, 11) is 0. The van der Waals surface area contributed by atoms with E-state index in [1.54, 1.807) is 0 Å². The van der Waals surface area contributed by atoms with Gasteiger partial charge in [-0.2, -0.15) is 0 Å². The second-order valence-corrected chi connectivity index (χ2v) is 4.06. The lowest BCUT2D eigenvalue weighted by Gasteiger charge is -2.03. The van der Waals surface area contributed by atoms with Crippen molar-refractivity contribution in [1.82, 2.24) is 4.98 Å². The van der Waals surface area contributed by atoms with Gasteiger partial charge in [0.05, 0.1) is 5.52 Å². The van der Waals surface area contributed by atoms with E-state index in [0.29, 0.717) is 0 Å². The molecule has 2 heteroatoms. The number of hydrogen-bond acceptors (Lipinski definition) is 2. The number of hydrogen-bond donors (Lipinski definition) is 1. The molecule has 0 radical (unpaired) electrons. The van der Waals surface area contributed by atoms with Gasteiger partial charge in [-0.1, -0.05) is 24.3 Å². The van der Waals surface area contributed by atoms with Crippen molar-refractivity contribution in [2.24, 2.45) is 0 Å². The van der Waals surface area contributed by atoms with Gasteiger partial charge in [0.2, 0.25) is 0 Å². The maximum absolute atomic E-state index is 4.42. The third-order valence-electron chi connectivity index (χ3n) is 2.57. The molecule has 1 nitrogen and oxygen atoms in total. The Labute approximate surface area is 93.2 Å². The topological polar surface area (TPSA) is 12.9 Å². The molecule has 1 aromatic heterocycles. The molecule has 0 spiro atoms. The summed E-state index contributed by atoms with van der Waals surface area (Å²) in [6.07, 6.45) is 1.90. The molecule has 0 bridgehead atoms. The molecule has 3 rings (SSSR count). The van der Waals surface area contributed by atoms with Crippen LogP contribution in [0.1, 0.15) is 0 Å². The number of para-hydroxylation sites is 1. The van der Waals surface area contributed by atoms with Crippen LogP contribution in [0, 0.1) is 0 Å². The summed E-state index contributed by atoms with van der Waals surface area (Å²) in [6.45, 7) is 0.